The molecule has 1 fully saturated rings. The van der Waals surface area contributed by atoms with E-state index in [9.17, 15) is 14.4 Å². The number of carbonyl (C=O) groups is 3. The van der Waals surface area contributed by atoms with Gasteiger partial charge in [0.05, 0.1) is 0 Å². The maximum atomic E-state index is 12.0. The lowest BCUT2D eigenvalue weighted by Gasteiger charge is -2.31. The Morgan fingerprint density at radius 3 is 2.45 bits per heavy atom. The van der Waals surface area contributed by atoms with Crippen LogP contribution in [-0.2, 0) is 9.59 Å². The summed E-state index contributed by atoms with van der Waals surface area (Å²) in [7, 11) is 0. The summed E-state index contributed by atoms with van der Waals surface area (Å²) in [6.07, 6.45) is 0. The van der Waals surface area contributed by atoms with Crippen molar-refractivity contribution in [3.8, 4) is 5.75 Å². The lowest BCUT2D eigenvalue weighted by Crippen LogP contribution is -2.56. The number of phenolic OH excluding ortho intramolecular Hbond substituents is 1. The normalized spacial score (nSPS) is 15.4. The first kappa shape index (κ1) is 13.9. The van der Waals surface area contributed by atoms with E-state index in [4.69, 9.17) is 5.11 Å². The highest BCUT2D eigenvalue weighted by atomic mass is 16.3. The molecule has 1 saturated heterocycles. The van der Waals surface area contributed by atoms with Crippen molar-refractivity contribution >= 4 is 23.5 Å². The van der Waals surface area contributed by atoms with Crippen molar-refractivity contribution in [1.29, 1.82) is 0 Å². The number of nitrogens with one attached hydrogen (secondary N) is 1. The lowest BCUT2D eigenvalue weighted by atomic mass is 10.3. The molecule has 106 valence electrons. The van der Waals surface area contributed by atoms with E-state index in [1.54, 1.807) is 6.92 Å². The molecule has 0 aliphatic carbocycles. The average molecular weight is 277 g/mol. The van der Waals surface area contributed by atoms with Crippen LogP contribution in [0.2, 0.25) is 0 Å². The molecule has 0 atom stereocenters. The summed E-state index contributed by atoms with van der Waals surface area (Å²) >= 11 is 0. The fourth-order valence-corrected chi connectivity index (χ4v) is 1.91. The van der Waals surface area contributed by atoms with E-state index in [1.807, 2.05) is 0 Å². The lowest BCUT2D eigenvalue weighted by molar-refractivity contribution is -0.153. The van der Waals surface area contributed by atoms with Gasteiger partial charge in [0.15, 0.2) is 0 Å². The Labute approximate surface area is 115 Å². The van der Waals surface area contributed by atoms with Gasteiger partial charge in [0.1, 0.15) is 5.75 Å². The van der Waals surface area contributed by atoms with Gasteiger partial charge in [-0.3, -0.25) is 14.5 Å². The zero-order valence-electron chi connectivity index (χ0n) is 11.0. The van der Waals surface area contributed by atoms with Crippen LogP contribution in [0, 0.1) is 0 Å². The minimum atomic E-state index is -0.825. The SMILES string of the molecule is CCN1CCN(C(=O)Nc2ccc(O)cc2)C(=O)C1=O. The molecule has 2 N–H and O–H groups in total. The molecule has 0 radical (unpaired) electrons. The molecule has 0 aromatic heterocycles. The van der Waals surface area contributed by atoms with Gasteiger partial charge in [0.2, 0.25) is 0 Å². The first-order valence-corrected chi connectivity index (χ1v) is 6.23. The molecule has 0 spiro atoms. The predicted molar refractivity (Wildman–Crippen MR) is 71.1 cm³/mol. The van der Waals surface area contributed by atoms with E-state index in [1.165, 1.54) is 29.2 Å². The van der Waals surface area contributed by atoms with Gasteiger partial charge in [-0.05, 0) is 31.2 Å². The second kappa shape index (κ2) is 5.60. The number of carbonyl (C=O) groups excluding carboxylic acids is 3. The molecule has 1 aliphatic rings. The monoisotopic (exact) mass is 277 g/mol. The van der Waals surface area contributed by atoms with Crippen molar-refractivity contribution in [3.63, 3.8) is 0 Å². The Kier molecular flexibility index (Phi) is 3.88. The average Bonchev–Trinajstić information content (AvgIpc) is 2.44. The molecule has 20 heavy (non-hydrogen) atoms. The van der Waals surface area contributed by atoms with Gasteiger partial charge in [0, 0.05) is 25.3 Å². The summed E-state index contributed by atoms with van der Waals surface area (Å²) in [6, 6.07) is 5.18. The van der Waals surface area contributed by atoms with E-state index in [-0.39, 0.29) is 12.3 Å². The Morgan fingerprint density at radius 2 is 1.85 bits per heavy atom. The van der Waals surface area contributed by atoms with Crippen LogP contribution in [0.15, 0.2) is 24.3 Å². The highest BCUT2D eigenvalue weighted by Crippen LogP contribution is 2.15. The van der Waals surface area contributed by atoms with Crippen LogP contribution in [-0.4, -0.2) is 52.4 Å². The summed E-state index contributed by atoms with van der Waals surface area (Å²) in [5, 5.41) is 11.7. The third kappa shape index (κ3) is 2.71. The van der Waals surface area contributed by atoms with Crippen LogP contribution in [0.4, 0.5) is 10.5 Å². The van der Waals surface area contributed by atoms with E-state index >= 15 is 0 Å². The molecule has 1 aromatic rings. The zero-order valence-corrected chi connectivity index (χ0v) is 11.0. The molecule has 7 heteroatoms. The van der Waals surface area contributed by atoms with Crippen LogP contribution in [0.25, 0.3) is 0 Å². The van der Waals surface area contributed by atoms with Gasteiger partial charge in [-0.25, -0.2) is 4.79 Å². The minimum absolute atomic E-state index is 0.0748. The summed E-state index contributed by atoms with van der Waals surface area (Å²) in [5.74, 6) is -1.42. The van der Waals surface area contributed by atoms with Crippen molar-refractivity contribution < 1.29 is 19.5 Å². The molecule has 1 aliphatic heterocycles. The number of phenols is 1. The van der Waals surface area contributed by atoms with Crippen molar-refractivity contribution in [2.45, 2.75) is 6.92 Å². The topological polar surface area (TPSA) is 89.9 Å². The van der Waals surface area contributed by atoms with Gasteiger partial charge < -0.3 is 15.3 Å². The van der Waals surface area contributed by atoms with E-state index < -0.39 is 17.8 Å². The van der Waals surface area contributed by atoms with Gasteiger partial charge >= 0.3 is 17.8 Å². The summed E-state index contributed by atoms with van der Waals surface area (Å²) < 4.78 is 0. The summed E-state index contributed by atoms with van der Waals surface area (Å²) in [4.78, 5) is 37.8. The van der Waals surface area contributed by atoms with Crippen LogP contribution in [0.1, 0.15) is 6.92 Å². The van der Waals surface area contributed by atoms with E-state index in [0.717, 1.165) is 4.90 Å². The van der Waals surface area contributed by atoms with Gasteiger partial charge in [-0.15, -0.1) is 0 Å². The highest BCUT2D eigenvalue weighted by molar-refractivity contribution is 6.38. The third-order valence-electron chi connectivity index (χ3n) is 3.05. The molecular formula is C13H15N3O4. The second-order valence-corrected chi connectivity index (χ2v) is 4.32. The predicted octanol–water partition coefficient (Wildman–Crippen LogP) is 0.615. The van der Waals surface area contributed by atoms with Gasteiger partial charge in [0.25, 0.3) is 0 Å². The number of imide groups is 1. The van der Waals surface area contributed by atoms with Crippen LogP contribution in [0.5, 0.6) is 5.75 Å². The van der Waals surface area contributed by atoms with Gasteiger partial charge in [-0.2, -0.15) is 0 Å². The smallest absolute Gasteiger partial charge is 0.329 e. The number of amides is 4. The molecule has 1 heterocycles. The Hall–Kier alpha value is -2.57. The molecule has 1 aromatic carbocycles. The molecular weight excluding hydrogens is 262 g/mol. The fourth-order valence-electron chi connectivity index (χ4n) is 1.91. The number of nitrogens with zero attached hydrogens (tertiary/aromatic N) is 2. The second-order valence-electron chi connectivity index (χ2n) is 4.32. The number of hydrogen-bond donors (Lipinski definition) is 2. The minimum Gasteiger partial charge on any atom is -0.508 e. The summed E-state index contributed by atoms with van der Waals surface area (Å²) in [6.45, 7) is 2.72. The first-order valence-electron chi connectivity index (χ1n) is 6.23. The number of likely N-dealkylation sites (N-methyl/N-ethyl adjacent to an activating group) is 1. The number of rotatable bonds is 2. The maximum Gasteiger partial charge on any atom is 0.329 e. The Balaban J connectivity index is 2.04. The quantitative estimate of drug-likeness (QED) is 0.612. The largest absolute Gasteiger partial charge is 0.508 e. The van der Waals surface area contributed by atoms with E-state index in [0.29, 0.717) is 18.8 Å². The van der Waals surface area contributed by atoms with Crippen molar-refractivity contribution in [2.75, 3.05) is 25.0 Å². The number of anilines is 1. The van der Waals surface area contributed by atoms with Crippen LogP contribution >= 0.6 is 0 Å². The fraction of sp³-hybridized carbons (Fsp3) is 0.308. The van der Waals surface area contributed by atoms with Gasteiger partial charge in [-0.1, -0.05) is 0 Å². The summed E-state index contributed by atoms with van der Waals surface area (Å²) in [5.41, 5.74) is 0.436. The third-order valence-corrected chi connectivity index (χ3v) is 3.05. The van der Waals surface area contributed by atoms with Crippen LogP contribution < -0.4 is 5.32 Å². The first-order chi connectivity index (χ1) is 9.52. The molecule has 4 amide bonds. The number of aromatic hydroxyl groups is 1. The number of hydrogen-bond acceptors (Lipinski definition) is 4. The Morgan fingerprint density at radius 1 is 1.20 bits per heavy atom. The van der Waals surface area contributed by atoms with Crippen molar-refractivity contribution in [3.05, 3.63) is 24.3 Å². The standard InChI is InChI=1S/C13H15N3O4/c1-2-15-7-8-16(12(19)11(15)18)13(20)14-9-3-5-10(17)6-4-9/h3-6,17H,2,7-8H2,1H3,(H,14,20). The zero-order chi connectivity index (χ0) is 14.7. The molecule has 2 rings (SSSR count). The molecule has 0 bridgehead atoms. The maximum absolute atomic E-state index is 12.0. The highest BCUT2D eigenvalue weighted by Gasteiger charge is 2.35. The van der Waals surface area contributed by atoms with Crippen molar-refractivity contribution in [2.24, 2.45) is 0 Å². The Bertz CT molecular complexity index is 541. The number of benzene rings is 1. The number of piperazine rings is 1. The molecule has 0 unspecified atom stereocenters. The number of urea groups is 1. The van der Waals surface area contributed by atoms with E-state index in [2.05, 4.69) is 5.32 Å². The molecule has 0 saturated carbocycles. The van der Waals surface area contributed by atoms with Crippen LogP contribution in [0.3, 0.4) is 0 Å². The molecule has 7 nitrogen and oxygen atoms in total. The van der Waals surface area contributed by atoms with Crippen molar-refractivity contribution in [1.82, 2.24) is 9.80 Å².